The average Bonchev–Trinajstić information content (AvgIpc) is 2.76. The van der Waals surface area contributed by atoms with E-state index in [1.807, 2.05) is 0 Å². The number of rotatable bonds is 2. The minimum Gasteiger partial charge on any atom is -0.0622 e. The summed E-state index contributed by atoms with van der Waals surface area (Å²) < 4.78 is 0. The fourth-order valence-electron chi connectivity index (χ4n) is 2.35. The molecular formula is C13H18. The van der Waals surface area contributed by atoms with Crippen LogP contribution in [0.15, 0.2) is 30.3 Å². The summed E-state index contributed by atoms with van der Waals surface area (Å²) in [6.45, 7) is 7.10. The van der Waals surface area contributed by atoms with E-state index in [-0.39, 0.29) is 0 Å². The van der Waals surface area contributed by atoms with E-state index < -0.39 is 0 Å². The molecule has 0 unspecified atom stereocenters. The van der Waals surface area contributed by atoms with Gasteiger partial charge in [0, 0.05) is 0 Å². The van der Waals surface area contributed by atoms with Gasteiger partial charge < -0.3 is 0 Å². The van der Waals surface area contributed by atoms with Crippen molar-refractivity contribution in [2.75, 3.05) is 0 Å². The van der Waals surface area contributed by atoms with E-state index in [0.29, 0.717) is 5.41 Å². The van der Waals surface area contributed by atoms with Crippen molar-refractivity contribution in [3.8, 4) is 0 Å². The van der Waals surface area contributed by atoms with Gasteiger partial charge in [0.2, 0.25) is 0 Å². The third-order valence-corrected chi connectivity index (χ3v) is 3.52. The van der Waals surface area contributed by atoms with Crippen molar-refractivity contribution in [1.82, 2.24) is 0 Å². The van der Waals surface area contributed by atoms with Crippen LogP contribution in [0.25, 0.3) is 0 Å². The highest BCUT2D eigenvalue weighted by Crippen LogP contribution is 2.58. The lowest BCUT2D eigenvalue weighted by Crippen LogP contribution is -2.00. The molecule has 0 nitrogen and oxygen atoms in total. The van der Waals surface area contributed by atoms with Gasteiger partial charge in [0.15, 0.2) is 0 Å². The van der Waals surface area contributed by atoms with Gasteiger partial charge in [0.05, 0.1) is 0 Å². The maximum Gasteiger partial charge on any atom is -0.0157 e. The molecule has 0 spiro atoms. The third-order valence-electron chi connectivity index (χ3n) is 3.52. The Morgan fingerprint density at radius 1 is 1.23 bits per heavy atom. The molecule has 1 aromatic carbocycles. The lowest BCUT2D eigenvalue weighted by molar-refractivity contribution is 0.504. The second-order valence-corrected chi connectivity index (χ2v) is 5.00. The molecule has 0 N–H and O–H groups in total. The summed E-state index contributed by atoms with van der Waals surface area (Å²) in [6.07, 6.45) is 1.39. The van der Waals surface area contributed by atoms with E-state index in [1.165, 1.54) is 12.0 Å². The van der Waals surface area contributed by atoms with Crippen LogP contribution >= 0.6 is 0 Å². The predicted molar refractivity (Wildman–Crippen MR) is 56.7 cm³/mol. The van der Waals surface area contributed by atoms with Gasteiger partial charge in [-0.3, -0.25) is 0 Å². The number of hydrogen-bond acceptors (Lipinski definition) is 0. The maximum absolute atomic E-state index is 2.37. The molecule has 1 fully saturated rings. The summed E-state index contributed by atoms with van der Waals surface area (Å²) in [7, 11) is 0. The first-order valence-corrected chi connectivity index (χ1v) is 5.16. The predicted octanol–water partition coefficient (Wildman–Crippen LogP) is 3.84. The van der Waals surface area contributed by atoms with Gasteiger partial charge in [-0.2, -0.15) is 0 Å². The van der Waals surface area contributed by atoms with Crippen LogP contribution in [0.3, 0.4) is 0 Å². The fourth-order valence-corrected chi connectivity index (χ4v) is 2.35. The van der Waals surface area contributed by atoms with Crippen molar-refractivity contribution < 1.29 is 0 Å². The molecule has 2 rings (SSSR count). The van der Waals surface area contributed by atoms with Gasteiger partial charge in [-0.05, 0) is 29.2 Å². The Hall–Kier alpha value is -0.780. The van der Waals surface area contributed by atoms with E-state index in [4.69, 9.17) is 0 Å². The van der Waals surface area contributed by atoms with Crippen LogP contribution in [-0.4, -0.2) is 0 Å². The zero-order valence-corrected chi connectivity index (χ0v) is 8.75. The summed E-state index contributed by atoms with van der Waals surface area (Å²) in [6, 6.07) is 10.9. The smallest absolute Gasteiger partial charge is 0.0157 e. The lowest BCUT2D eigenvalue weighted by atomic mass is 9.92. The van der Waals surface area contributed by atoms with Crippen LogP contribution in [0.5, 0.6) is 0 Å². The molecule has 1 aliphatic rings. The van der Waals surface area contributed by atoms with Crippen molar-refractivity contribution >= 4 is 0 Å². The summed E-state index contributed by atoms with van der Waals surface area (Å²) in [5, 5.41) is 0. The SMILES string of the molecule is C[C@@H](c1ccccc1)[C@@H]1CC1(C)C. The first-order valence-electron chi connectivity index (χ1n) is 5.16. The Morgan fingerprint density at radius 2 is 1.77 bits per heavy atom. The first kappa shape index (κ1) is 8.80. The monoisotopic (exact) mass is 174 g/mol. The van der Waals surface area contributed by atoms with Gasteiger partial charge in [-0.25, -0.2) is 0 Å². The highest BCUT2D eigenvalue weighted by Gasteiger charge is 2.48. The van der Waals surface area contributed by atoms with E-state index in [9.17, 15) is 0 Å². The van der Waals surface area contributed by atoms with Crippen molar-refractivity contribution in [3.05, 3.63) is 35.9 Å². The Bertz CT molecular complexity index is 284. The highest BCUT2D eigenvalue weighted by molar-refractivity contribution is 5.22. The summed E-state index contributed by atoms with van der Waals surface area (Å²) in [4.78, 5) is 0. The van der Waals surface area contributed by atoms with Crippen LogP contribution in [0.2, 0.25) is 0 Å². The Balaban J connectivity index is 2.12. The molecule has 0 saturated heterocycles. The third kappa shape index (κ3) is 1.63. The summed E-state index contributed by atoms with van der Waals surface area (Å²) in [5.41, 5.74) is 2.09. The zero-order chi connectivity index (χ0) is 9.47. The molecule has 0 bridgehead atoms. The Kier molecular flexibility index (Phi) is 1.94. The zero-order valence-electron chi connectivity index (χ0n) is 8.75. The quantitative estimate of drug-likeness (QED) is 0.639. The van der Waals surface area contributed by atoms with E-state index in [2.05, 4.69) is 51.1 Å². The van der Waals surface area contributed by atoms with Gasteiger partial charge in [0.25, 0.3) is 0 Å². The molecular weight excluding hydrogens is 156 g/mol. The van der Waals surface area contributed by atoms with E-state index in [0.717, 1.165) is 11.8 Å². The number of hydrogen-bond donors (Lipinski definition) is 0. The van der Waals surface area contributed by atoms with Crippen LogP contribution in [0.1, 0.15) is 38.7 Å². The molecule has 0 aliphatic heterocycles. The fraction of sp³-hybridized carbons (Fsp3) is 0.538. The van der Waals surface area contributed by atoms with Gasteiger partial charge in [-0.1, -0.05) is 51.1 Å². The van der Waals surface area contributed by atoms with Crippen LogP contribution in [0, 0.1) is 11.3 Å². The molecule has 1 aromatic rings. The largest absolute Gasteiger partial charge is 0.0622 e. The molecule has 70 valence electrons. The maximum atomic E-state index is 2.37. The molecule has 0 radical (unpaired) electrons. The molecule has 0 heteroatoms. The van der Waals surface area contributed by atoms with Crippen molar-refractivity contribution in [3.63, 3.8) is 0 Å². The van der Waals surface area contributed by atoms with Crippen LogP contribution in [-0.2, 0) is 0 Å². The van der Waals surface area contributed by atoms with Crippen LogP contribution < -0.4 is 0 Å². The molecule has 1 saturated carbocycles. The minimum atomic E-state index is 0.593. The molecule has 0 heterocycles. The van der Waals surface area contributed by atoms with E-state index in [1.54, 1.807) is 0 Å². The molecule has 0 aromatic heterocycles. The van der Waals surface area contributed by atoms with Crippen molar-refractivity contribution in [2.24, 2.45) is 11.3 Å². The van der Waals surface area contributed by atoms with Gasteiger partial charge >= 0.3 is 0 Å². The lowest BCUT2D eigenvalue weighted by Gasteiger charge is -2.13. The minimum absolute atomic E-state index is 0.593. The molecule has 2 atom stereocenters. The number of benzene rings is 1. The van der Waals surface area contributed by atoms with Gasteiger partial charge in [-0.15, -0.1) is 0 Å². The Morgan fingerprint density at radius 3 is 2.23 bits per heavy atom. The molecule has 1 aliphatic carbocycles. The normalized spacial score (nSPS) is 26.8. The van der Waals surface area contributed by atoms with Crippen LogP contribution in [0.4, 0.5) is 0 Å². The second-order valence-electron chi connectivity index (χ2n) is 5.00. The molecule has 13 heavy (non-hydrogen) atoms. The van der Waals surface area contributed by atoms with E-state index >= 15 is 0 Å². The highest BCUT2D eigenvalue weighted by atomic mass is 14.5. The Labute approximate surface area is 81.0 Å². The summed E-state index contributed by atoms with van der Waals surface area (Å²) in [5.74, 6) is 1.63. The summed E-state index contributed by atoms with van der Waals surface area (Å²) >= 11 is 0. The average molecular weight is 174 g/mol. The van der Waals surface area contributed by atoms with Gasteiger partial charge in [0.1, 0.15) is 0 Å². The van der Waals surface area contributed by atoms with Crippen molar-refractivity contribution in [1.29, 1.82) is 0 Å². The standard InChI is InChI=1S/C13H18/c1-10(12-9-13(12,2)3)11-7-5-4-6-8-11/h4-8,10,12H,9H2,1-3H3/t10-,12-/m0/s1. The topological polar surface area (TPSA) is 0 Å². The molecule has 0 amide bonds. The first-order chi connectivity index (χ1) is 6.11. The second kappa shape index (κ2) is 2.87. The van der Waals surface area contributed by atoms with Crippen molar-refractivity contribution in [2.45, 2.75) is 33.1 Å².